The van der Waals surface area contributed by atoms with Crippen LogP contribution >= 0.6 is 0 Å². The minimum absolute atomic E-state index is 0.234. The van der Waals surface area contributed by atoms with E-state index >= 15 is 0 Å². The molecular formula is C6H11NO4. The molecule has 0 aliphatic heterocycles. The number of amides is 1. The van der Waals surface area contributed by atoms with Gasteiger partial charge in [-0.2, -0.15) is 0 Å². The lowest BCUT2D eigenvalue weighted by Crippen LogP contribution is -2.36. The highest BCUT2D eigenvalue weighted by atomic mass is 16.4. The topological polar surface area (TPSA) is 86.6 Å². The van der Waals surface area contributed by atoms with E-state index < -0.39 is 12.1 Å². The molecule has 1 unspecified atom stereocenters. The van der Waals surface area contributed by atoms with Crippen molar-refractivity contribution in [1.29, 1.82) is 0 Å². The quantitative estimate of drug-likeness (QED) is 0.491. The van der Waals surface area contributed by atoms with E-state index in [1.165, 1.54) is 0 Å². The molecule has 0 aliphatic rings. The predicted octanol–water partition coefficient (Wildman–Crippen LogP) is -1.04. The summed E-state index contributed by atoms with van der Waals surface area (Å²) >= 11 is 0. The maximum atomic E-state index is 10.5. The lowest BCUT2D eigenvalue weighted by molar-refractivity contribution is -0.146. The molecule has 0 bridgehead atoms. The molecule has 5 nitrogen and oxygen atoms in total. The Balaban J connectivity index is 3.54. The second-order valence-corrected chi connectivity index (χ2v) is 2.01. The zero-order chi connectivity index (χ0) is 8.85. The van der Waals surface area contributed by atoms with Gasteiger partial charge in [-0.25, -0.2) is 4.79 Å². The third kappa shape index (κ3) is 4.32. The van der Waals surface area contributed by atoms with Crippen molar-refractivity contribution in [2.45, 2.75) is 19.4 Å². The molecule has 0 saturated heterocycles. The first kappa shape index (κ1) is 9.90. The molecule has 0 fully saturated rings. The van der Waals surface area contributed by atoms with Crippen LogP contribution in [0.5, 0.6) is 0 Å². The molecule has 0 spiro atoms. The van der Waals surface area contributed by atoms with Gasteiger partial charge in [-0.1, -0.05) is 6.92 Å². The number of carboxylic acids is 1. The van der Waals surface area contributed by atoms with Crippen molar-refractivity contribution < 1.29 is 19.8 Å². The van der Waals surface area contributed by atoms with Crippen LogP contribution in [0.1, 0.15) is 13.3 Å². The van der Waals surface area contributed by atoms with Gasteiger partial charge in [0.05, 0.1) is 6.54 Å². The Bertz CT molecular complexity index is 157. The van der Waals surface area contributed by atoms with Gasteiger partial charge in [-0.05, 0) is 0 Å². The molecule has 0 heterocycles. The van der Waals surface area contributed by atoms with Gasteiger partial charge in [0.1, 0.15) is 0 Å². The van der Waals surface area contributed by atoms with Crippen LogP contribution < -0.4 is 5.32 Å². The van der Waals surface area contributed by atoms with E-state index in [2.05, 4.69) is 5.32 Å². The van der Waals surface area contributed by atoms with E-state index in [1.807, 2.05) is 0 Å². The van der Waals surface area contributed by atoms with Crippen LogP contribution in [0.15, 0.2) is 0 Å². The van der Waals surface area contributed by atoms with Crippen LogP contribution in [0.4, 0.5) is 0 Å². The van der Waals surface area contributed by atoms with Crippen molar-refractivity contribution in [3.05, 3.63) is 0 Å². The summed E-state index contributed by atoms with van der Waals surface area (Å²) < 4.78 is 0. The first-order valence-corrected chi connectivity index (χ1v) is 3.25. The number of hydrogen-bond acceptors (Lipinski definition) is 3. The first-order valence-electron chi connectivity index (χ1n) is 3.25. The van der Waals surface area contributed by atoms with E-state index in [-0.39, 0.29) is 18.9 Å². The van der Waals surface area contributed by atoms with Crippen LogP contribution in [0.2, 0.25) is 0 Å². The number of carbonyl (C=O) groups is 2. The zero-order valence-corrected chi connectivity index (χ0v) is 6.20. The van der Waals surface area contributed by atoms with Crippen LogP contribution in [0.3, 0.4) is 0 Å². The summed E-state index contributed by atoms with van der Waals surface area (Å²) in [6.45, 7) is 1.41. The maximum absolute atomic E-state index is 10.5. The molecule has 1 amide bonds. The zero-order valence-electron chi connectivity index (χ0n) is 6.20. The molecule has 0 aliphatic carbocycles. The molecule has 1 atom stereocenters. The summed E-state index contributed by atoms with van der Waals surface area (Å²) in [4.78, 5) is 20.5. The van der Waals surface area contributed by atoms with Gasteiger partial charge in [-0.3, -0.25) is 4.79 Å². The largest absolute Gasteiger partial charge is 0.479 e. The number of nitrogens with one attached hydrogen (secondary N) is 1. The second kappa shape index (κ2) is 4.68. The summed E-state index contributed by atoms with van der Waals surface area (Å²) in [5, 5.41) is 19.1. The van der Waals surface area contributed by atoms with Gasteiger partial charge in [-0.15, -0.1) is 0 Å². The number of carboxylic acid groups (broad SMARTS) is 1. The summed E-state index contributed by atoms with van der Waals surface area (Å²) in [7, 11) is 0. The van der Waals surface area contributed by atoms with E-state index in [4.69, 9.17) is 10.2 Å². The highest BCUT2D eigenvalue weighted by Crippen LogP contribution is 1.81. The van der Waals surface area contributed by atoms with Crippen molar-refractivity contribution in [3.63, 3.8) is 0 Å². The molecule has 5 heteroatoms. The molecule has 0 radical (unpaired) electrons. The van der Waals surface area contributed by atoms with E-state index in [0.29, 0.717) is 0 Å². The van der Waals surface area contributed by atoms with E-state index in [1.54, 1.807) is 6.92 Å². The smallest absolute Gasteiger partial charge is 0.334 e. The highest BCUT2D eigenvalue weighted by Gasteiger charge is 2.12. The third-order valence-electron chi connectivity index (χ3n) is 1.10. The van der Waals surface area contributed by atoms with Gasteiger partial charge in [0.25, 0.3) is 0 Å². The summed E-state index contributed by atoms with van der Waals surface area (Å²) in [6.07, 6.45) is -1.22. The SMILES string of the molecule is CCC(=O)NCC(O)C(=O)O. The van der Waals surface area contributed by atoms with Crippen LogP contribution in [-0.4, -0.2) is 34.7 Å². The minimum Gasteiger partial charge on any atom is -0.479 e. The Morgan fingerprint density at radius 3 is 2.45 bits per heavy atom. The lowest BCUT2D eigenvalue weighted by atomic mass is 10.3. The van der Waals surface area contributed by atoms with Crippen molar-refractivity contribution >= 4 is 11.9 Å². The number of aliphatic hydroxyl groups is 1. The van der Waals surface area contributed by atoms with Gasteiger partial charge in [0.2, 0.25) is 5.91 Å². The van der Waals surface area contributed by atoms with Crippen LogP contribution in [0, 0.1) is 0 Å². The number of aliphatic carboxylic acids is 1. The maximum Gasteiger partial charge on any atom is 0.334 e. The number of rotatable bonds is 4. The van der Waals surface area contributed by atoms with Crippen LogP contribution in [0.25, 0.3) is 0 Å². The fraction of sp³-hybridized carbons (Fsp3) is 0.667. The Morgan fingerprint density at radius 2 is 2.09 bits per heavy atom. The number of carbonyl (C=O) groups excluding carboxylic acids is 1. The lowest BCUT2D eigenvalue weighted by Gasteiger charge is -2.05. The fourth-order valence-corrected chi connectivity index (χ4v) is 0.423. The molecule has 3 N–H and O–H groups in total. The molecule has 64 valence electrons. The highest BCUT2D eigenvalue weighted by molar-refractivity contribution is 5.77. The monoisotopic (exact) mass is 161 g/mol. The molecule has 0 aromatic heterocycles. The molecule has 11 heavy (non-hydrogen) atoms. The average molecular weight is 161 g/mol. The van der Waals surface area contributed by atoms with Crippen LogP contribution in [-0.2, 0) is 9.59 Å². The molecule has 0 aromatic rings. The molecular weight excluding hydrogens is 150 g/mol. The fourth-order valence-electron chi connectivity index (χ4n) is 0.423. The standard InChI is InChI=1S/C6H11NO4/c1-2-5(9)7-3-4(8)6(10)11/h4,8H,2-3H2,1H3,(H,7,9)(H,10,11). The molecule has 0 rings (SSSR count). The van der Waals surface area contributed by atoms with Gasteiger partial charge < -0.3 is 15.5 Å². The third-order valence-corrected chi connectivity index (χ3v) is 1.10. The van der Waals surface area contributed by atoms with E-state index in [9.17, 15) is 9.59 Å². The van der Waals surface area contributed by atoms with Crippen molar-refractivity contribution in [1.82, 2.24) is 5.32 Å². The molecule has 0 saturated carbocycles. The Labute approximate surface area is 64.0 Å². The predicted molar refractivity (Wildman–Crippen MR) is 36.9 cm³/mol. The summed E-state index contributed by atoms with van der Waals surface area (Å²) in [6, 6.07) is 0. The van der Waals surface area contributed by atoms with Gasteiger partial charge in [0, 0.05) is 6.42 Å². The summed E-state index contributed by atoms with van der Waals surface area (Å²) in [5.41, 5.74) is 0. The Morgan fingerprint density at radius 1 is 1.55 bits per heavy atom. The number of aliphatic hydroxyl groups excluding tert-OH is 1. The first-order chi connectivity index (χ1) is 5.07. The van der Waals surface area contributed by atoms with E-state index in [0.717, 1.165) is 0 Å². The summed E-state index contributed by atoms with van der Waals surface area (Å²) in [5.74, 6) is -1.60. The van der Waals surface area contributed by atoms with Gasteiger partial charge in [0.15, 0.2) is 6.10 Å². The second-order valence-electron chi connectivity index (χ2n) is 2.01. The van der Waals surface area contributed by atoms with Crippen molar-refractivity contribution in [3.8, 4) is 0 Å². The average Bonchev–Trinajstić information content (AvgIpc) is 1.99. The Kier molecular flexibility index (Phi) is 4.21. The Hall–Kier alpha value is -1.10. The number of hydrogen-bond donors (Lipinski definition) is 3. The minimum atomic E-state index is -1.51. The van der Waals surface area contributed by atoms with Gasteiger partial charge >= 0.3 is 5.97 Å². The van der Waals surface area contributed by atoms with Crippen molar-refractivity contribution in [2.75, 3.05) is 6.54 Å². The normalized spacial score (nSPS) is 12.2. The van der Waals surface area contributed by atoms with Crippen molar-refractivity contribution in [2.24, 2.45) is 0 Å². The molecule has 0 aromatic carbocycles.